The molecule has 0 spiro atoms. The summed E-state index contributed by atoms with van der Waals surface area (Å²) in [6.07, 6.45) is 0. The van der Waals surface area contributed by atoms with Gasteiger partial charge in [0.1, 0.15) is 0 Å². The summed E-state index contributed by atoms with van der Waals surface area (Å²) in [6.45, 7) is 2.08. The lowest BCUT2D eigenvalue weighted by atomic mass is 10.2. The zero-order chi connectivity index (χ0) is 16.9. The average Bonchev–Trinajstić information content (AvgIpc) is 2.64. The second kappa shape index (κ2) is 7.10. The lowest BCUT2D eigenvalue weighted by Gasteiger charge is -2.19. The molecule has 0 saturated heterocycles. The van der Waals surface area contributed by atoms with E-state index in [-0.39, 0.29) is 0 Å². The zero-order valence-corrected chi connectivity index (χ0v) is 14.2. The molecular formula is C21H15N2P. The molecule has 114 valence electrons. The average molecular weight is 326 g/mol. The summed E-state index contributed by atoms with van der Waals surface area (Å²) in [5.41, 5.74) is 2.56. The monoisotopic (exact) mass is 326 g/mol. The van der Waals surface area contributed by atoms with Gasteiger partial charge in [-0.2, -0.15) is 10.5 Å². The molecule has 24 heavy (non-hydrogen) atoms. The van der Waals surface area contributed by atoms with Gasteiger partial charge in [0.05, 0.1) is 23.3 Å². The van der Waals surface area contributed by atoms with Crippen LogP contribution in [0, 0.1) is 29.6 Å². The summed E-state index contributed by atoms with van der Waals surface area (Å²) in [6, 6.07) is 28.5. The van der Waals surface area contributed by atoms with E-state index in [2.05, 4.69) is 43.3 Å². The Morgan fingerprint density at radius 2 is 0.917 bits per heavy atom. The molecule has 0 N–H and O–H groups in total. The van der Waals surface area contributed by atoms with Gasteiger partial charge >= 0.3 is 0 Å². The van der Waals surface area contributed by atoms with Gasteiger partial charge in [-0.15, -0.1) is 0 Å². The predicted molar refractivity (Wildman–Crippen MR) is 99.3 cm³/mol. The van der Waals surface area contributed by atoms with Crippen molar-refractivity contribution in [1.82, 2.24) is 0 Å². The predicted octanol–water partition coefficient (Wildman–Crippen LogP) is 3.50. The number of rotatable bonds is 3. The Morgan fingerprint density at radius 1 is 0.583 bits per heavy atom. The molecule has 3 aromatic carbocycles. The molecule has 0 unspecified atom stereocenters. The van der Waals surface area contributed by atoms with Gasteiger partial charge in [0.2, 0.25) is 0 Å². The van der Waals surface area contributed by atoms with Gasteiger partial charge in [-0.25, -0.2) is 0 Å². The molecule has 0 atom stereocenters. The number of hydrogen-bond donors (Lipinski definition) is 0. The van der Waals surface area contributed by atoms with Gasteiger partial charge in [0.25, 0.3) is 0 Å². The van der Waals surface area contributed by atoms with Crippen LogP contribution >= 0.6 is 7.92 Å². The highest BCUT2D eigenvalue weighted by Crippen LogP contribution is 2.32. The summed E-state index contributed by atoms with van der Waals surface area (Å²) in [4.78, 5) is 0. The first-order valence-electron chi connectivity index (χ1n) is 7.58. The van der Waals surface area contributed by atoms with Crippen LogP contribution in [0.2, 0.25) is 0 Å². The molecule has 0 bridgehead atoms. The number of nitriles is 2. The Balaban J connectivity index is 2.10. The van der Waals surface area contributed by atoms with Crippen molar-refractivity contribution in [2.45, 2.75) is 6.92 Å². The molecule has 0 saturated carbocycles. The molecular weight excluding hydrogens is 311 g/mol. The lowest BCUT2D eigenvalue weighted by Crippen LogP contribution is -2.20. The molecule has 0 heterocycles. The molecule has 0 radical (unpaired) electrons. The van der Waals surface area contributed by atoms with E-state index in [1.165, 1.54) is 21.5 Å². The summed E-state index contributed by atoms with van der Waals surface area (Å²) < 4.78 is 0. The minimum Gasteiger partial charge on any atom is -0.192 e. The highest BCUT2D eigenvalue weighted by atomic mass is 31.1. The number of aryl methyl sites for hydroxylation is 1. The van der Waals surface area contributed by atoms with E-state index < -0.39 is 7.92 Å². The molecule has 0 fully saturated rings. The van der Waals surface area contributed by atoms with E-state index in [1.54, 1.807) is 0 Å². The van der Waals surface area contributed by atoms with Gasteiger partial charge in [-0.3, -0.25) is 0 Å². The standard InChI is InChI=1S/C21H15N2P/c1-16-2-8-19(9-3-16)24(20-10-4-17(14-22)5-11-20)21-12-6-18(15-23)7-13-21/h2-13H,1H3. The Morgan fingerprint density at radius 3 is 1.25 bits per heavy atom. The van der Waals surface area contributed by atoms with E-state index >= 15 is 0 Å². The second-order valence-corrected chi connectivity index (χ2v) is 7.71. The Kier molecular flexibility index (Phi) is 4.72. The van der Waals surface area contributed by atoms with Crippen molar-refractivity contribution in [2.24, 2.45) is 0 Å². The molecule has 0 aliphatic rings. The maximum atomic E-state index is 9.01. The third-order valence-electron chi connectivity index (χ3n) is 3.80. The van der Waals surface area contributed by atoms with Crippen molar-refractivity contribution < 1.29 is 0 Å². The van der Waals surface area contributed by atoms with Crippen LogP contribution in [0.3, 0.4) is 0 Å². The summed E-state index contributed by atoms with van der Waals surface area (Å²) in [7, 11) is -0.712. The molecule has 3 rings (SSSR count). The van der Waals surface area contributed by atoms with Gasteiger partial charge in [0.15, 0.2) is 0 Å². The first-order valence-corrected chi connectivity index (χ1v) is 8.92. The second-order valence-electron chi connectivity index (χ2n) is 5.49. The van der Waals surface area contributed by atoms with Crippen molar-refractivity contribution in [1.29, 1.82) is 10.5 Å². The smallest absolute Gasteiger partial charge is 0.0991 e. The Labute approximate surface area is 143 Å². The topological polar surface area (TPSA) is 47.6 Å². The van der Waals surface area contributed by atoms with Crippen LogP contribution < -0.4 is 15.9 Å². The van der Waals surface area contributed by atoms with E-state index in [9.17, 15) is 0 Å². The largest absolute Gasteiger partial charge is 0.192 e. The van der Waals surface area contributed by atoms with Crippen molar-refractivity contribution in [3.05, 3.63) is 89.5 Å². The molecule has 0 amide bonds. The molecule has 0 aliphatic heterocycles. The number of hydrogen-bond acceptors (Lipinski definition) is 2. The van der Waals surface area contributed by atoms with Crippen LogP contribution in [0.4, 0.5) is 0 Å². The minimum absolute atomic E-state index is 0.664. The van der Waals surface area contributed by atoms with Crippen LogP contribution in [-0.4, -0.2) is 0 Å². The third kappa shape index (κ3) is 3.36. The van der Waals surface area contributed by atoms with Gasteiger partial charge in [-0.1, -0.05) is 54.1 Å². The van der Waals surface area contributed by atoms with Crippen LogP contribution in [0.15, 0.2) is 72.8 Å². The number of nitrogens with zero attached hydrogens (tertiary/aromatic N) is 2. The maximum absolute atomic E-state index is 9.01. The first-order chi connectivity index (χ1) is 11.7. The van der Waals surface area contributed by atoms with E-state index in [4.69, 9.17) is 10.5 Å². The lowest BCUT2D eigenvalue weighted by molar-refractivity contribution is 1.49. The molecule has 0 aliphatic carbocycles. The van der Waals surface area contributed by atoms with Crippen molar-refractivity contribution in [3.8, 4) is 12.1 Å². The van der Waals surface area contributed by atoms with Crippen LogP contribution in [-0.2, 0) is 0 Å². The third-order valence-corrected chi connectivity index (χ3v) is 6.24. The van der Waals surface area contributed by atoms with Gasteiger partial charge < -0.3 is 0 Å². The summed E-state index contributed by atoms with van der Waals surface area (Å²) >= 11 is 0. The first kappa shape index (κ1) is 15.9. The van der Waals surface area contributed by atoms with Crippen molar-refractivity contribution in [3.63, 3.8) is 0 Å². The Hall–Kier alpha value is -2.93. The molecule has 2 nitrogen and oxygen atoms in total. The van der Waals surface area contributed by atoms with Crippen molar-refractivity contribution >= 4 is 23.8 Å². The van der Waals surface area contributed by atoms with Crippen LogP contribution in [0.5, 0.6) is 0 Å². The fourth-order valence-electron chi connectivity index (χ4n) is 2.51. The normalized spacial score (nSPS) is 10.2. The SMILES string of the molecule is Cc1ccc(P(c2ccc(C#N)cc2)c2ccc(C#N)cc2)cc1. The van der Waals surface area contributed by atoms with Crippen LogP contribution in [0.1, 0.15) is 16.7 Å². The van der Waals surface area contributed by atoms with E-state index in [0.29, 0.717) is 11.1 Å². The quantitative estimate of drug-likeness (QED) is 0.692. The summed E-state index contributed by atoms with van der Waals surface area (Å²) in [5, 5.41) is 21.7. The van der Waals surface area contributed by atoms with E-state index in [1.807, 2.05) is 48.5 Å². The Bertz CT molecular complexity index is 855. The highest BCUT2D eigenvalue weighted by molar-refractivity contribution is 7.79. The molecule has 3 heteroatoms. The molecule has 0 aromatic heterocycles. The number of benzene rings is 3. The highest BCUT2D eigenvalue weighted by Gasteiger charge is 2.16. The van der Waals surface area contributed by atoms with Crippen LogP contribution in [0.25, 0.3) is 0 Å². The fraction of sp³-hybridized carbons (Fsp3) is 0.0476. The maximum Gasteiger partial charge on any atom is 0.0991 e. The van der Waals surface area contributed by atoms with Gasteiger partial charge in [-0.05, 0) is 55.0 Å². The van der Waals surface area contributed by atoms with Gasteiger partial charge in [0, 0.05) is 0 Å². The molecule has 3 aromatic rings. The zero-order valence-electron chi connectivity index (χ0n) is 13.3. The minimum atomic E-state index is -0.712. The fourth-order valence-corrected chi connectivity index (χ4v) is 4.75. The van der Waals surface area contributed by atoms with E-state index in [0.717, 1.165) is 0 Å². The summed E-state index contributed by atoms with van der Waals surface area (Å²) in [5.74, 6) is 0. The van der Waals surface area contributed by atoms with Crippen molar-refractivity contribution in [2.75, 3.05) is 0 Å².